The number of thiocarbonyl (C=S) groups is 1. The summed E-state index contributed by atoms with van der Waals surface area (Å²) in [5.41, 5.74) is 5.86. The topological polar surface area (TPSA) is 72.2 Å². The lowest BCUT2D eigenvalue weighted by molar-refractivity contribution is 0.580. The molecule has 1 aromatic rings. The van der Waals surface area contributed by atoms with Crippen LogP contribution in [0.2, 0.25) is 0 Å². The van der Waals surface area contributed by atoms with Gasteiger partial charge >= 0.3 is 0 Å². The highest BCUT2D eigenvalue weighted by Gasteiger charge is 2.18. The van der Waals surface area contributed by atoms with Crippen molar-refractivity contribution in [3.8, 4) is 0 Å². The second kappa shape index (κ2) is 5.38. The predicted octanol–water partition coefficient (Wildman–Crippen LogP) is 1.01. The van der Waals surface area contributed by atoms with Gasteiger partial charge in [-0.15, -0.1) is 0 Å². The summed E-state index contributed by atoms with van der Waals surface area (Å²) in [5, 5.41) is 0. The standard InChI is InChI=1S/C10H14N2O2S2/c1-2-7-12-16(13,14)9-6-4-3-5-8(9)10(11)15/h3-6,12H,2,7H2,1H3,(H2,11,15). The number of rotatable bonds is 5. The maximum Gasteiger partial charge on any atom is 0.241 e. The summed E-state index contributed by atoms with van der Waals surface area (Å²) in [6.45, 7) is 2.29. The molecule has 0 radical (unpaired) electrons. The lowest BCUT2D eigenvalue weighted by atomic mass is 10.2. The van der Waals surface area contributed by atoms with Crippen LogP contribution < -0.4 is 10.5 Å². The van der Waals surface area contributed by atoms with E-state index in [0.717, 1.165) is 6.42 Å². The Kier molecular flexibility index (Phi) is 4.40. The van der Waals surface area contributed by atoms with Crippen LogP contribution in [0, 0.1) is 0 Å². The fraction of sp³-hybridized carbons (Fsp3) is 0.300. The summed E-state index contributed by atoms with van der Waals surface area (Å²) in [4.78, 5) is 0.216. The minimum atomic E-state index is -3.52. The molecule has 0 heterocycles. The largest absolute Gasteiger partial charge is 0.389 e. The second-order valence-corrected chi connectivity index (χ2v) is 5.43. The van der Waals surface area contributed by atoms with Crippen molar-refractivity contribution >= 4 is 27.2 Å². The highest BCUT2D eigenvalue weighted by molar-refractivity contribution is 7.89. The molecule has 0 fully saturated rings. The van der Waals surface area contributed by atoms with Gasteiger partial charge in [0, 0.05) is 12.1 Å². The van der Waals surface area contributed by atoms with Crippen LogP contribution >= 0.6 is 12.2 Å². The molecule has 3 N–H and O–H groups in total. The van der Waals surface area contributed by atoms with Gasteiger partial charge in [-0.05, 0) is 12.5 Å². The highest BCUT2D eigenvalue weighted by atomic mass is 32.2. The van der Waals surface area contributed by atoms with Crippen molar-refractivity contribution in [2.75, 3.05) is 6.54 Å². The SMILES string of the molecule is CCCNS(=O)(=O)c1ccccc1C(N)=S. The van der Waals surface area contributed by atoms with Crippen molar-refractivity contribution in [1.29, 1.82) is 0 Å². The zero-order valence-electron chi connectivity index (χ0n) is 8.93. The third-order valence-electron chi connectivity index (χ3n) is 1.98. The molecule has 0 aliphatic heterocycles. The molecule has 0 aliphatic rings. The molecule has 0 amide bonds. The van der Waals surface area contributed by atoms with Crippen LogP contribution in [0.5, 0.6) is 0 Å². The third-order valence-corrected chi connectivity index (χ3v) is 3.72. The molecule has 4 nitrogen and oxygen atoms in total. The summed E-state index contributed by atoms with van der Waals surface area (Å²) >= 11 is 4.82. The first kappa shape index (κ1) is 13.1. The van der Waals surface area contributed by atoms with E-state index in [1.165, 1.54) is 6.07 Å². The second-order valence-electron chi connectivity index (χ2n) is 3.26. The van der Waals surface area contributed by atoms with Gasteiger partial charge in [0.2, 0.25) is 10.0 Å². The van der Waals surface area contributed by atoms with Crippen molar-refractivity contribution in [3.05, 3.63) is 29.8 Å². The molecule has 0 bridgehead atoms. The van der Waals surface area contributed by atoms with Crippen LogP contribution in [0.3, 0.4) is 0 Å². The monoisotopic (exact) mass is 258 g/mol. The number of nitrogens with two attached hydrogens (primary N) is 1. The average Bonchev–Trinajstić information content (AvgIpc) is 2.26. The van der Waals surface area contributed by atoms with Crippen LogP contribution in [0.15, 0.2) is 29.2 Å². The highest BCUT2D eigenvalue weighted by Crippen LogP contribution is 2.14. The van der Waals surface area contributed by atoms with Gasteiger partial charge in [0.25, 0.3) is 0 Å². The molecule has 0 unspecified atom stereocenters. The Bertz CT molecular complexity index is 483. The van der Waals surface area contributed by atoms with Gasteiger partial charge in [-0.1, -0.05) is 37.3 Å². The van der Waals surface area contributed by atoms with E-state index < -0.39 is 10.0 Å². The van der Waals surface area contributed by atoms with Gasteiger partial charge in [-0.25, -0.2) is 13.1 Å². The van der Waals surface area contributed by atoms with Crippen molar-refractivity contribution in [2.24, 2.45) is 5.73 Å². The number of sulfonamides is 1. The van der Waals surface area contributed by atoms with Gasteiger partial charge in [0.15, 0.2) is 0 Å². The smallest absolute Gasteiger partial charge is 0.241 e. The first-order chi connectivity index (χ1) is 7.49. The van der Waals surface area contributed by atoms with Crippen LogP contribution in [0.1, 0.15) is 18.9 Å². The molecule has 1 aromatic carbocycles. The van der Waals surface area contributed by atoms with E-state index in [2.05, 4.69) is 4.72 Å². The van der Waals surface area contributed by atoms with Crippen molar-refractivity contribution < 1.29 is 8.42 Å². The molecule has 0 aromatic heterocycles. The number of benzene rings is 1. The van der Waals surface area contributed by atoms with Gasteiger partial charge in [-0.3, -0.25) is 0 Å². The lowest BCUT2D eigenvalue weighted by Gasteiger charge is -2.09. The van der Waals surface area contributed by atoms with E-state index in [0.29, 0.717) is 12.1 Å². The molecular weight excluding hydrogens is 244 g/mol. The molecule has 0 spiro atoms. The van der Waals surface area contributed by atoms with E-state index in [9.17, 15) is 8.42 Å². The molecule has 88 valence electrons. The van der Waals surface area contributed by atoms with E-state index in [-0.39, 0.29) is 9.88 Å². The number of hydrogen-bond donors (Lipinski definition) is 2. The van der Waals surface area contributed by atoms with Crippen molar-refractivity contribution in [2.45, 2.75) is 18.2 Å². The van der Waals surface area contributed by atoms with Gasteiger partial charge in [0.05, 0.1) is 4.90 Å². The zero-order chi connectivity index (χ0) is 12.2. The minimum absolute atomic E-state index is 0.0810. The Morgan fingerprint density at radius 2 is 2.06 bits per heavy atom. The van der Waals surface area contributed by atoms with Gasteiger partial charge < -0.3 is 5.73 Å². The average molecular weight is 258 g/mol. The summed E-state index contributed by atoms with van der Waals surface area (Å²) in [7, 11) is -3.52. The fourth-order valence-corrected chi connectivity index (χ4v) is 2.81. The zero-order valence-corrected chi connectivity index (χ0v) is 10.6. The first-order valence-electron chi connectivity index (χ1n) is 4.87. The quantitative estimate of drug-likeness (QED) is 0.773. The third kappa shape index (κ3) is 3.01. The Labute approximate surface area is 101 Å². The molecule has 6 heteroatoms. The van der Waals surface area contributed by atoms with Crippen molar-refractivity contribution in [1.82, 2.24) is 4.72 Å². The minimum Gasteiger partial charge on any atom is -0.389 e. The molecule has 0 saturated carbocycles. The normalized spacial score (nSPS) is 11.3. The van der Waals surface area contributed by atoms with Crippen LogP contribution in [0.25, 0.3) is 0 Å². The summed E-state index contributed by atoms with van der Waals surface area (Å²) in [5.74, 6) is 0. The molecule has 0 atom stereocenters. The van der Waals surface area contributed by atoms with E-state index in [1.807, 2.05) is 6.92 Å². The Balaban J connectivity index is 3.17. The van der Waals surface area contributed by atoms with Crippen LogP contribution in [-0.4, -0.2) is 20.0 Å². The fourth-order valence-electron chi connectivity index (χ4n) is 1.22. The Morgan fingerprint density at radius 3 is 2.62 bits per heavy atom. The first-order valence-corrected chi connectivity index (χ1v) is 6.76. The maximum atomic E-state index is 11.9. The molecule has 16 heavy (non-hydrogen) atoms. The summed E-state index contributed by atoms with van der Waals surface area (Å²) in [6, 6.07) is 6.44. The van der Waals surface area contributed by atoms with Gasteiger partial charge in [-0.2, -0.15) is 0 Å². The number of nitrogens with one attached hydrogen (secondary N) is 1. The summed E-state index contributed by atoms with van der Waals surface area (Å²) in [6.07, 6.45) is 0.731. The molecule has 0 saturated heterocycles. The van der Waals surface area contributed by atoms with E-state index in [4.69, 9.17) is 18.0 Å². The van der Waals surface area contributed by atoms with E-state index in [1.54, 1.807) is 18.2 Å². The van der Waals surface area contributed by atoms with Crippen LogP contribution in [0.4, 0.5) is 0 Å². The van der Waals surface area contributed by atoms with E-state index >= 15 is 0 Å². The maximum absolute atomic E-state index is 11.9. The lowest BCUT2D eigenvalue weighted by Crippen LogP contribution is -2.27. The molecule has 0 aliphatic carbocycles. The van der Waals surface area contributed by atoms with Crippen LogP contribution in [-0.2, 0) is 10.0 Å². The predicted molar refractivity (Wildman–Crippen MR) is 67.8 cm³/mol. The Morgan fingerprint density at radius 1 is 1.44 bits per heavy atom. The number of hydrogen-bond acceptors (Lipinski definition) is 3. The van der Waals surface area contributed by atoms with Gasteiger partial charge in [0.1, 0.15) is 4.99 Å². The van der Waals surface area contributed by atoms with Crippen molar-refractivity contribution in [3.63, 3.8) is 0 Å². The summed E-state index contributed by atoms with van der Waals surface area (Å²) < 4.78 is 26.3. The molecular formula is C10H14N2O2S2. The molecule has 1 rings (SSSR count). The Hall–Kier alpha value is -0.980.